The molecule has 0 atom stereocenters. The van der Waals surface area contributed by atoms with Crippen molar-refractivity contribution in [2.45, 2.75) is 32.3 Å². The van der Waals surface area contributed by atoms with E-state index in [9.17, 15) is 23.1 Å². The quantitative estimate of drug-likeness (QED) is 0.838. The molecule has 0 aliphatic rings. The molecule has 0 aliphatic heterocycles. The van der Waals surface area contributed by atoms with Gasteiger partial charge in [-0.15, -0.1) is 11.6 Å². The van der Waals surface area contributed by atoms with Gasteiger partial charge in [0.05, 0.1) is 7.11 Å². The van der Waals surface area contributed by atoms with Gasteiger partial charge >= 0.3 is 12.1 Å². The number of ether oxygens (including phenoxy) is 1. The van der Waals surface area contributed by atoms with Crippen molar-refractivity contribution in [3.8, 4) is 5.88 Å². The van der Waals surface area contributed by atoms with Gasteiger partial charge in [0.1, 0.15) is 5.56 Å². The van der Waals surface area contributed by atoms with E-state index in [-0.39, 0.29) is 29.0 Å². The van der Waals surface area contributed by atoms with Crippen molar-refractivity contribution in [2.75, 3.05) is 7.11 Å². The maximum atomic E-state index is 13.1. The first-order chi connectivity index (χ1) is 9.63. The Balaban J connectivity index is 3.78. The number of hydrogen-bond donors (Lipinski definition) is 1. The Bertz CT molecular complexity index is 544. The lowest BCUT2D eigenvalue weighted by atomic mass is 9.93. The summed E-state index contributed by atoms with van der Waals surface area (Å²) < 4.78 is 44.0. The summed E-state index contributed by atoms with van der Waals surface area (Å²) >= 11 is 5.63. The molecule has 0 saturated heterocycles. The minimum atomic E-state index is -4.74. The molecular formula is C13H15ClF3NO3. The Morgan fingerprint density at radius 1 is 1.38 bits per heavy atom. The van der Waals surface area contributed by atoms with E-state index < -0.39 is 29.6 Å². The lowest BCUT2D eigenvalue weighted by Gasteiger charge is -2.20. The van der Waals surface area contributed by atoms with Crippen LogP contribution in [0.1, 0.15) is 41.0 Å². The van der Waals surface area contributed by atoms with Gasteiger partial charge < -0.3 is 9.84 Å². The van der Waals surface area contributed by atoms with Crippen LogP contribution in [-0.2, 0) is 18.5 Å². The number of pyridine rings is 1. The summed E-state index contributed by atoms with van der Waals surface area (Å²) in [5.41, 5.74) is -1.85. The maximum Gasteiger partial charge on any atom is 0.433 e. The van der Waals surface area contributed by atoms with Crippen molar-refractivity contribution < 1.29 is 27.8 Å². The number of aromatic nitrogens is 1. The Morgan fingerprint density at radius 3 is 2.29 bits per heavy atom. The number of rotatable bonds is 5. The third-order valence-corrected chi connectivity index (χ3v) is 3.07. The first kappa shape index (κ1) is 17.6. The number of halogens is 4. The van der Waals surface area contributed by atoms with E-state index >= 15 is 0 Å². The van der Waals surface area contributed by atoms with E-state index in [1.54, 1.807) is 13.8 Å². The van der Waals surface area contributed by atoms with E-state index in [2.05, 4.69) is 4.98 Å². The van der Waals surface area contributed by atoms with Crippen LogP contribution in [0.25, 0.3) is 0 Å². The summed E-state index contributed by atoms with van der Waals surface area (Å²) in [5, 5.41) is 9.26. The molecule has 0 aliphatic carbocycles. The van der Waals surface area contributed by atoms with Gasteiger partial charge in [-0.25, -0.2) is 9.78 Å². The van der Waals surface area contributed by atoms with Gasteiger partial charge in [0.2, 0.25) is 5.88 Å². The van der Waals surface area contributed by atoms with E-state index in [1.165, 1.54) is 0 Å². The Labute approximate surface area is 124 Å². The molecule has 1 aromatic heterocycles. The van der Waals surface area contributed by atoms with Gasteiger partial charge in [-0.2, -0.15) is 13.2 Å². The number of methoxy groups -OCH3 is 1. The van der Waals surface area contributed by atoms with Crippen LogP contribution in [0.5, 0.6) is 5.88 Å². The van der Waals surface area contributed by atoms with Crippen LogP contribution >= 0.6 is 11.6 Å². The van der Waals surface area contributed by atoms with Gasteiger partial charge in [-0.1, -0.05) is 13.8 Å². The molecule has 118 valence electrons. The first-order valence-electron chi connectivity index (χ1n) is 6.09. The van der Waals surface area contributed by atoms with Crippen LogP contribution in [-0.4, -0.2) is 23.2 Å². The molecule has 21 heavy (non-hydrogen) atoms. The van der Waals surface area contributed by atoms with Crippen LogP contribution in [0.15, 0.2) is 0 Å². The zero-order valence-electron chi connectivity index (χ0n) is 11.7. The molecule has 0 aromatic carbocycles. The molecule has 4 nitrogen and oxygen atoms in total. The third kappa shape index (κ3) is 3.78. The molecule has 0 spiro atoms. The number of aromatic carboxylic acids is 1. The van der Waals surface area contributed by atoms with Gasteiger partial charge in [-0.3, -0.25) is 0 Å². The topological polar surface area (TPSA) is 59.4 Å². The predicted octanol–water partition coefficient (Wildman–Crippen LogP) is 3.74. The summed E-state index contributed by atoms with van der Waals surface area (Å²) in [6.45, 7) is 3.54. The molecule has 0 amide bonds. The zero-order valence-corrected chi connectivity index (χ0v) is 12.5. The fourth-order valence-electron chi connectivity index (χ4n) is 2.03. The lowest BCUT2D eigenvalue weighted by Crippen LogP contribution is -2.19. The summed E-state index contributed by atoms with van der Waals surface area (Å²) in [7, 11) is 1.08. The largest absolute Gasteiger partial charge is 0.480 e. The average molecular weight is 326 g/mol. The summed E-state index contributed by atoms with van der Waals surface area (Å²) in [6, 6.07) is 0. The molecule has 1 rings (SSSR count). The number of carboxylic acid groups (broad SMARTS) is 1. The third-order valence-electron chi connectivity index (χ3n) is 2.80. The van der Waals surface area contributed by atoms with Crippen LogP contribution in [0, 0.1) is 5.92 Å². The molecule has 8 heteroatoms. The van der Waals surface area contributed by atoms with Crippen LogP contribution in [0.2, 0.25) is 0 Å². The van der Waals surface area contributed by atoms with Gasteiger partial charge in [0, 0.05) is 11.4 Å². The van der Waals surface area contributed by atoms with Crippen LogP contribution in [0.3, 0.4) is 0 Å². The van der Waals surface area contributed by atoms with Crippen LogP contribution < -0.4 is 4.74 Å². The molecule has 0 saturated carbocycles. The second-order valence-corrected chi connectivity index (χ2v) is 5.10. The number of alkyl halides is 4. The average Bonchev–Trinajstić information content (AvgIpc) is 2.34. The fourth-order valence-corrected chi connectivity index (χ4v) is 2.32. The van der Waals surface area contributed by atoms with E-state index in [4.69, 9.17) is 16.3 Å². The summed E-state index contributed by atoms with van der Waals surface area (Å²) in [4.78, 5) is 14.7. The minimum Gasteiger partial charge on any atom is -0.480 e. The summed E-state index contributed by atoms with van der Waals surface area (Å²) in [5.74, 6) is -2.48. The second-order valence-electron chi connectivity index (χ2n) is 4.84. The zero-order chi connectivity index (χ0) is 16.4. The fraction of sp³-hybridized carbons (Fsp3) is 0.538. The van der Waals surface area contributed by atoms with Gasteiger partial charge in [0.15, 0.2) is 5.69 Å². The maximum absolute atomic E-state index is 13.1. The molecule has 1 aromatic rings. The molecule has 0 fully saturated rings. The lowest BCUT2D eigenvalue weighted by molar-refractivity contribution is -0.142. The Morgan fingerprint density at radius 2 is 1.95 bits per heavy atom. The number of carbonyl (C=O) groups is 1. The molecule has 0 bridgehead atoms. The highest BCUT2D eigenvalue weighted by atomic mass is 35.5. The smallest absolute Gasteiger partial charge is 0.433 e. The van der Waals surface area contributed by atoms with Crippen molar-refractivity contribution in [3.63, 3.8) is 0 Å². The Hall–Kier alpha value is -1.50. The SMILES string of the molecule is COc1nc(C(F)(F)F)c(CCl)c(CC(C)C)c1C(=O)O. The van der Waals surface area contributed by atoms with E-state index in [1.807, 2.05) is 0 Å². The molecular weight excluding hydrogens is 311 g/mol. The summed E-state index contributed by atoms with van der Waals surface area (Å²) in [6.07, 6.45) is -4.61. The Kier molecular flexibility index (Phi) is 5.44. The molecule has 0 radical (unpaired) electrons. The molecule has 1 heterocycles. The highest BCUT2D eigenvalue weighted by Crippen LogP contribution is 2.37. The second kappa shape index (κ2) is 6.51. The van der Waals surface area contributed by atoms with E-state index in [0.717, 1.165) is 7.11 Å². The first-order valence-corrected chi connectivity index (χ1v) is 6.63. The highest BCUT2D eigenvalue weighted by Gasteiger charge is 2.39. The number of nitrogens with zero attached hydrogens (tertiary/aromatic N) is 1. The number of carboxylic acids is 1. The number of hydrogen-bond acceptors (Lipinski definition) is 3. The van der Waals surface area contributed by atoms with Gasteiger partial charge in [-0.05, 0) is 17.9 Å². The predicted molar refractivity (Wildman–Crippen MR) is 70.8 cm³/mol. The monoisotopic (exact) mass is 325 g/mol. The van der Waals surface area contributed by atoms with E-state index in [0.29, 0.717) is 0 Å². The highest BCUT2D eigenvalue weighted by molar-refractivity contribution is 6.17. The van der Waals surface area contributed by atoms with Crippen LogP contribution in [0.4, 0.5) is 13.2 Å². The van der Waals surface area contributed by atoms with Crippen molar-refractivity contribution in [2.24, 2.45) is 5.92 Å². The van der Waals surface area contributed by atoms with Crippen molar-refractivity contribution in [1.82, 2.24) is 4.98 Å². The van der Waals surface area contributed by atoms with Crippen molar-refractivity contribution in [3.05, 3.63) is 22.4 Å². The minimum absolute atomic E-state index is 0.0201. The standard InChI is InChI=1S/C13H15ClF3NO3/c1-6(2)4-7-8(5-14)10(13(15,16)17)18-11(21-3)9(7)12(19)20/h6H,4-5H2,1-3H3,(H,19,20). The molecule has 0 unspecified atom stereocenters. The van der Waals surface area contributed by atoms with Crippen molar-refractivity contribution in [1.29, 1.82) is 0 Å². The molecule has 1 N–H and O–H groups in total. The van der Waals surface area contributed by atoms with Crippen molar-refractivity contribution >= 4 is 17.6 Å². The normalized spacial score (nSPS) is 11.8. The van der Waals surface area contributed by atoms with Gasteiger partial charge in [0.25, 0.3) is 0 Å².